The molecule has 7 nitrogen and oxygen atoms in total. The Morgan fingerprint density at radius 2 is 1.82 bits per heavy atom. The summed E-state index contributed by atoms with van der Waals surface area (Å²) in [6.45, 7) is 11.1. The van der Waals surface area contributed by atoms with Gasteiger partial charge in [0.1, 0.15) is 5.37 Å². The van der Waals surface area contributed by atoms with Crippen molar-refractivity contribution < 1.29 is 14.4 Å². The van der Waals surface area contributed by atoms with Crippen molar-refractivity contribution in [2.75, 3.05) is 25.0 Å². The molecule has 2 atom stereocenters. The van der Waals surface area contributed by atoms with Crippen LogP contribution < -0.4 is 5.32 Å². The molecule has 8 heteroatoms. The third-order valence-corrected chi connectivity index (χ3v) is 9.72. The molecule has 208 valence electrons. The number of rotatable bonds is 7. The molecular formula is C31H40N4O3S. The number of anilines is 1. The van der Waals surface area contributed by atoms with Crippen molar-refractivity contribution in [1.29, 1.82) is 0 Å². The van der Waals surface area contributed by atoms with Crippen LogP contribution in [0.15, 0.2) is 42.5 Å². The summed E-state index contributed by atoms with van der Waals surface area (Å²) in [6, 6.07) is 14.4. The van der Waals surface area contributed by atoms with Crippen molar-refractivity contribution in [2.45, 2.75) is 76.6 Å². The molecule has 5 rings (SSSR count). The summed E-state index contributed by atoms with van der Waals surface area (Å²) in [6.07, 6.45) is 2.67. The first-order valence-corrected chi connectivity index (χ1v) is 15.1. The van der Waals surface area contributed by atoms with Crippen LogP contribution >= 0.6 is 11.8 Å². The Morgan fingerprint density at radius 1 is 1.08 bits per heavy atom. The normalized spacial score (nSPS) is 21.9. The minimum atomic E-state index is -0.363. The van der Waals surface area contributed by atoms with Crippen molar-refractivity contribution in [1.82, 2.24) is 14.7 Å². The number of nitrogens with one attached hydrogen (secondary N) is 1. The number of likely N-dealkylation sites (tertiary alicyclic amines) is 1. The molecular weight excluding hydrogens is 508 g/mol. The third kappa shape index (κ3) is 5.96. The zero-order valence-corrected chi connectivity index (χ0v) is 24.3. The largest absolute Gasteiger partial charge is 0.342 e. The lowest BCUT2D eigenvalue weighted by Gasteiger charge is -2.40. The van der Waals surface area contributed by atoms with Gasteiger partial charge in [-0.25, -0.2) is 4.79 Å². The number of urea groups is 1. The van der Waals surface area contributed by atoms with Gasteiger partial charge < -0.3 is 20.0 Å². The van der Waals surface area contributed by atoms with E-state index in [1.165, 1.54) is 16.7 Å². The Hall–Kier alpha value is -3.00. The SMILES string of the molecule is Cc1ccc(C2SC(CC(=O)N3CCC(N4Cc5ccccc5NC4=O)CC3)C(=O)N2CCC(C)C)c(C)c1. The van der Waals surface area contributed by atoms with Crippen molar-refractivity contribution in [3.8, 4) is 0 Å². The number of thioether (sulfide) groups is 1. The number of carbonyl (C=O) groups excluding carboxylic acids is 3. The fraction of sp³-hybridized carbons (Fsp3) is 0.516. The van der Waals surface area contributed by atoms with E-state index in [-0.39, 0.29) is 40.9 Å². The maximum atomic E-state index is 13.6. The molecule has 0 spiro atoms. The van der Waals surface area contributed by atoms with Crippen LogP contribution in [0, 0.1) is 19.8 Å². The van der Waals surface area contributed by atoms with Gasteiger partial charge in [-0.05, 0) is 61.8 Å². The van der Waals surface area contributed by atoms with Crippen LogP contribution in [-0.4, -0.2) is 63.5 Å². The maximum Gasteiger partial charge on any atom is 0.322 e. The first kappa shape index (κ1) is 27.6. The summed E-state index contributed by atoms with van der Waals surface area (Å²) in [5, 5.41) is 2.58. The molecule has 2 fully saturated rings. The Labute approximate surface area is 236 Å². The smallest absolute Gasteiger partial charge is 0.322 e. The fourth-order valence-corrected chi connectivity index (χ4v) is 7.49. The summed E-state index contributed by atoms with van der Waals surface area (Å²) < 4.78 is 0. The summed E-state index contributed by atoms with van der Waals surface area (Å²) >= 11 is 1.63. The van der Waals surface area contributed by atoms with Crippen LogP contribution in [0.25, 0.3) is 0 Å². The zero-order valence-electron chi connectivity index (χ0n) is 23.5. The Kier molecular flexibility index (Phi) is 8.21. The second-order valence-corrected chi connectivity index (χ2v) is 12.9. The van der Waals surface area contributed by atoms with Crippen LogP contribution in [0.2, 0.25) is 0 Å². The average Bonchev–Trinajstić information content (AvgIpc) is 3.21. The summed E-state index contributed by atoms with van der Waals surface area (Å²) in [5.74, 6) is 0.621. The molecule has 39 heavy (non-hydrogen) atoms. The van der Waals surface area contributed by atoms with E-state index in [2.05, 4.69) is 51.2 Å². The topological polar surface area (TPSA) is 73.0 Å². The maximum absolute atomic E-state index is 13.6. The molecule has 2 saturated heterocycles. The first-order valence-electron chi connectivity index (χ1n) is 14.2. The quantitative estimate of drug-likeness (QED) is 0.480. The number of para-hydroxylation sites is 1. The molecule has 0 aliphatic carbocycles. The van der Waals surface area contributed by atoms with Crippen molar-refractivity contribution in [2.24, 2.45) is 5.92 Å². The molecule has 0 radical (unpaired) electrons. The van der Waals surface area contributed by atoms with Crippen molar-refractivity contribution in [3.05, 3.63) is 64.7 Å². The van der Waals surface area contributed by atoms with Crippen LogP contribution in [0.5, 0.6) is 0 Å². The average molecular weight is 549 g/mol. The van der Waals surface area contributed by atoms with E-state index in [1.807, 2.05) is 39.0 Å². The molecule has 3 aliphatic rings. The molecule has 2 unspecified atom stereocenters. The zero-order chi connectivity index (χ0) is 27.7. The van der Waals surface area contributed by atoms with Gasteiger partial charge in [0, 0.05) is 44.3 Å². The molecule has 0 saturated carbocycles. The van der Waals surface area contributed by atoms with Crippen molar-refractivity contribution >= 4 is 35.3 Å². The van der Waals surface area contributed by atoms with Gasteiger partial charge in [-0.1, -0.05) is 55.8 Å². The minimum absolute atomic E-state index is 0.0397. The number of benzene rings is 2. The predicted octanol–water partition coefficient (Wildman–Crippen LogP) is 5.72. The van der Waals surface area contributed by atoms with Gasteiger partial charge in [0.15, 0.2) is 0 Å². The standard InChI is InChI=1S/C31H40N4O3S/c1-20(2)11-16-34-29(37)27(39-30(34)25-10-9-21(3)17-22(25)4)18-28(36)33-14-12-24(13-15-33)35-19-23-7-5-6-8-26(23)32-31(35)38/h5-10,17,20,24,27,30H,11-16,18-19H2,1-4H3,(H,32,38). The van der Waals surface area contributed by atoms with Gasteiger partial charge in [-0.3, -0.25) is 9.59 Å². The van der Waals surface area contributed by atoms with Gasteiger partial charge in [0.25, 0.3) is 0 Å². The number of amides is 4. The van der Waals surface area contributed by atoms with Crippen LogP contribution in [0.4, 0.5) is 10.5 Å². The van der Waals surface area contributed by atoms with Crippen molar-refractivity contribution in [3.63, 3.8) is 0 Å². The highest BCUT2D eigenvalue weighted by atomic mass is 32.2. The third-order valence-electron chi connectivity index (χ3n) is 8.25. The summed E-state index contributed by atoms with van der Waals surface area (Å²) in [5.41, 5.74) is 5.56. The molecule has 3 heterocycles. The highest BCUT2D eigenvalue weighted by molar-refractivity contribution is 8.01. The number of piperidine rings is 1. The van der Waals surface area contributed by atoms with Crippen LogP contribution in [0.3, 0.4) is 0 Å². The highest BCUT2D eigenvalue weighted by Crippen LogP contribution is 2.45. The lowest BCUT2D eigenvalue weighted by atomic mass is 10.0. The number of aryl methyl sites for hydroxylation is 2. The molecule has 0 aromatic heterocycles. The van der Waals surface area contributed by atoms with Gasteiger partial charge in [-0.15, -0.1) is 11.8 Å². The van der Waals surface area contributed by atoms with E-state index < -0.39 is 0 Å². The molecule has 4 amide bonds. The van der Waals surface area contributed by atoms with Crippen LogP contribution in [-0.2, 0) is 16.1 Å². The molecule has 3 aliphatic heterocycles. The van der Waals surface area contributed by atoms with Gasteiger partial charge >= 0.3 is 6.03 Å². The molecule has 1 N–H and O–H groups in total. The predicted molar refractivity (Wildman–Crippen MR) is 156 cm³/mol. The van der Waals surface area contributed by atoms with Crippen LogP contribution in [0.1, 0.15) is 67.2 Å². The van der Waals surface area contributed by atoms with Gasteiger partial charge in [0.05, 0.1) is 5.25 Å². The van der Waals surface area contributed by atoms with Gasteiger partial charge in [0.2, 0.25) is 11.8 Å². The second-order valence-electron chi connectivity index (χ2n) is 11.6. The van der Waals surface area contributed by atoms with Gasteiger partial charge in [-0.2, -0.15) is 0 Å². The summed E-state index contributed by atoms with van der Waals surface area (Å²) in [4.78, 5) is 45.5. The van der Waals surface area contributed by atoms with E-state index >= 15 is 0 Å². The monoisotopic (exact) mass is 548 g/mol. The summed E-state index contributed by atoms with van der Waals surface area (Å²) in [7, 11) is 0. The lowest BCUT2D eigenvalue weighted by molar-refractivity contribution is -0.137. The molecule has 0 bridgehead atoms. The van der Waals surface area contributed by atoms with E-state index in [1.54, 1.807) is 11.8 Å². The van der Waals surface area contributed by atoms with E-state index in [0.29, 0.717) is 32.1 Å². The second kappa shape index (κ2) is 11.6. The Morgan fingerprint density at radius 3 is 2.54 bits per heavy atom. The fourth-order valence-electron chi connectivity index (χ4n) is 5.92. The number of nitrogens with zero attached hydrogens (tertiary/aromatic N) is 3. The minimum Gasteiger partial charge on any atom is -0.342 e. The van der Waals surface area contributed by atoms with E-state index in [0.717, 1.165) is 30.5 Å². The number of hydrogen-bond acceptors (Lipinski definition) is 4. The Balaban J connectivity index is 1.21. The molecule has 2 aromatic carbocycles. The number of carbonyl (C=O) groups is 3. The molecule has 2 aromatic rings. The number of fused-ring (bicyclic) bond motifs is 1. The first-order chi connectivity index (χ1) is 18.7. The van der Waals surface area contributed by atoms with E-state index in [9.17, 15) is 14.4 Å². The van der Waals surface area contributed by atoms with E-state index in [4.69, 9.17) is 0 Å². The Bertz CT molecular complexity index is 1240. The number of hydrogen-bond donors (Lipinski definition) is 1. The lowest BCUT2D eigenvalue weighted by Crippen LogP contribution is -2.51. The highest BCUT2D eigenvalue weighted by Gasteiger charge is 2.43.